The maximum absolute atomic E-state index is 12.3. The van der Waals surface area contributed by atoms with Crippen molar-refractivity contribution in [3.05, 3.63) is 77.9 Å². The highest BCUT2D eigenvalue weighted by atomic mass is 16.5. The third kappa shape index (κ3) is 8.19. The third-order valence-corrected chi connectivity index (χ3v) is 7.06. The molecular weight excluding hydrogens is 506 g/mol. The quantitative estimate of drug-likeness (QED) is 0.355. The van der Waals surface area contributed by atoms with Gasteiger partial charge < -0.3 is 34.6 Å². The SMILES string of the molecule is COc1ccc(N2CCN(CCOc3ccc(CNC(=O)NCc4ccc(N(C)C)cc4)cc3OC)CC2)cc1. The van der Waals surface area contributed by atoms with Crippen molar-refractivity contribution in [2.45, 2.75) is 13.1 Å². The Labute approximate surface area is 237 Å². The van der Waals surface area contributed by atoms with Gasteiger partial charge in [0, 0.05) is 71.3 Å². The van der Waals surface area contributed by atoms with E-state index in [1.165, 1.54) is 5.69 Å². The molecule has 0 atom stereocenters. The number of carbonyl (C=O) groups excluding carboxylic acids is 1. The van der Waals surface area contributed by atoms with Gasteiger partial charge >= 0.3 is 6.03 Å². The van der Waals surface area contributed by atoms with Gasteiger partial charge in [0.15, 0.2) is 11.5 Å². The highest BCUT2D eigenvalue weighted by Gasteiger charge is 2.17. The predicted molar refractivity (Wildman–Crippen MR) is 160 cm³/mol. The van der Waals surface area contributed by atoms with Gasteiger partial charge in [-0.05, 0) is 59.7 Å². The van der Waals surface area contributed by atoms with Crippen molar-refractivity contribution in [3.63, 3.8) is 0 Å². The van der Waals surface area contributed by atoms with Crippen molar-refractivity contribution in [3.8, 4) is 17.2 Å². The van der Waals surface area contributed by atoms with E-state index in [0.717, 1.165) is 55.3 Å². The average Bonchev–Trinajstić information content (AvgIpc) is 3.00. The molecule has 3 aromatic carbocycles. The summed E-state index contributed by atoms with van der Waals surface area (Å²) in [6, 6.07) is 21.9. The molecule has 9 nitrogen and oxygen atoms in total. The van der Waals surface area contributed by atoms with Crippen molar-refractivity contribution in [1.29, 1.82) is 0 Å². The topological polar surface area (TPSA) is 78.5 Å². The lowest BCUT2D eigenvalue weighted by Gasteiger charge is -2.36. The van der Waals surface area contributed by atoms with Crippen LogP contribution in [-0.4, -0.2) is 78.6 Å². The molecule has 1 aliphatic heterocycles. The summed E-state index contributed by atoms with van der Waals surface area (Å²) in [7, 11) is 7.32. The molecule has 0 unspecified atom stereocenters. The molecule has 0 saturated carbocycles. The normalized spacial score (nSPS) is 13.4. The van der Waals surface area contributed by atoms with E-state index in [4.69, 9.17) is 14.2 Å². The molecule has 3 aromatic rings. The molecule has 0 spiro atoms. The molecular formula is C31H41N5O4. The molecule has 0 radical (unpaired) electrons. The summed E-state index contributed by atoms with van der Waals surface area (Å²) in [5.74, 6) is 2.24. The molecule has 1 aliphatic rings. The zero-order valence-electron chi connectivity index (χ0n) is 24.0. The summed E-state index contributed by atoms with van der Waals surface area (Å²) in [4.78, 5) is 19.2. The minimum atomic E-state index is -0.219. The molecule has 40 heavy (non-hydrogen) atoms. The van der Waals surface area contributed by atoms with E-state index in [2.05, 4.69) is 32.6 Å². The van der Waals surface area contributed by atoms with Gasteiger partial charge in [-0.25, -0.2) is 4.79 Å². The number of ether oxygens (including phenoxy) is 3. The summed E-state index contributed by atoms with van der Waals surface area (Å²) < 4.78 is 16.9. The fourth-order valence-corrected chi connectivity index (χ4v) is 4.59. The number of rotatable bonds is 12. The van der Waals surface area contributed by atoms with E-state index in [9.17, 15) is 4.79 Å². The Morgan fingerprint density at radius 1 is 0.800 bits per heavy atom. The van der Waals surface area contributed by atoms with E-state index in [0.29, 0.717) is 31.2 Å². The molecule has 4 rings (SSSR count). The number of urea groups is 1. The number of nitrogens with one attached hydrogen (secondary N) is 2. The molecule has 9 heteroatoms. The molecule has 1 heterocycles. The van der Waals surface area contributed by atoms with Crippen molar-refractivity contribution >= 4 is 17.4 Å². The van der Waals surface area contributed by atoms with Gasteiger partial charge in [0.2, 0.25) is 0 Å². The Morgan fingerprint density at radius 2 is 1.45 bits per heavy atom. The first kappa shape index (κ1) is 28.9. The lowest BCUT2D eigenvalue weighted by Crippen LogP contribution is -2.47. The molecule has 0 aliphatic carbocycles. The highest BCUT2D eigenvalue weighted by Crippen LogP contribution is 2.28. The summed E-state index contributed by atoms with van der Waals surface area (Å²) in [5.41, 5.74) is 4.33. The molecule has 0 bridgehead atoms. The summed E-state index contributed by atoms with van der Waals surface area (Å²) in [6.07, 6.45) is 0. The first-order chi connectivity index (χ1) is 19.4. The third-order valence-electron chi connectivity index (χ3n) is 7.06. The Hall–Kier alpha value is -4.11. The van der Waals surface area contributed by atoms with E-state index < -0.39 is 0 Å². The first-order valence-electron chi connectivity index (χ1n) is 13.6. The van der Waals surface area contributed by atoms with E-state index in [-0.39, 0.29) is 6.03 Å². The minimum Gasteiger partial charge on any atom is -0.497 e. The van der Waals surface area contributed by atoms with Gasteiger partial charge in [0.25, 0.3) is 0 Å². The number of carbonyl (C=O) groups is 1. The van der Waals surface area contributed by atoms with Gasteiger partial charge in [0.1, 0.15) is 12.4 Å². The van der Waals surface area contributed by atoms with E-state index in [1.807, 2.05) is 73.6 Å². The lowest BCUT2D eigenvalue weighted by atomic mass is 10.2. The second-order valence-corrected chi connectivity index (χ2v) is 9.96. The largest absolute Gasteiger partial charge is 0.497 e. The number of hydrogen-bond acceptors (Lipinski definition) is 7. The summed E-state index contributed by atoms with van der Waals surface area (Å²) in [6.45, 7) is 6.21. The van der Waals surface area contributed by atoms with Crippen molar-refractivity contribution in [2.75, 3.05) is 77.4 Å². The van der Waals surface area contributed by atoms with Crippen LogP contribution in [0, 0.1) is 0 Å². The molecule has 1 saturated heterocycles. The number of piperazine rings is 1. The fourth-order valence-electron chi connectivity index (χ4n) is 4.59. The van der Waals surface area contributed by atoms with Gasteiger partial charge in [-0.1, -0.05) is 18.2 Å². The van der Waals surface area contributed by atoms with Gasteiger partial charge in [-0.15, -0.1) is 0 Å². The minimum absolute atomic E-state index is 0.219. The fraction of sp³-hybridized carbons (Fsp3) is 0.387. The van der Waals surface area contributed by atoms with Crippen LogP contribution in [0.5, 0.6) is 17.2 Å². The Balaban J connectivity index is 1.17. The Bertz CT molecular complexity index is 1210. The van der Waals surface area contributed by atoms with Crippen molar-refractivity contribution < 1.29 is 19.0 Å². The van der Waals surface area contributed by atoms with Crippen LogP contribution in [0.3, 0.4) is 0 Å². The molecule has 2 N–H and O–H groups in total. The highest BCUT2D eigenvalue weighted by molar-refractivity contribution is 5.73. The van der Waals surface area contributed by atoms with Crippen LogP contribution in [0.2, 0.25) is 0 Å². The number of nitrogens with zero attached hydrogens (tertiary/aromatic N) is 3. The smallest absolute Gasteiger partial charge is 0.315 e. The molecule has 2 amide bonds. The van der Waals surface area contributed by atoms with Gasteiger partial charge in [-0.2, -0.15) is 0 Å². The summed E-state index contributed by atoms with van der Waals surface area (Å²) in [5, 5.41) is 5.81. The number of anilines is 2. The van der Waals surface area contributed by atoms with Gasteiger partial charge in [0.05, 0.1) is 14.2 Å². The van der Waals surface area contributed by atoms with Crippen LogP contribution >= 0.6 is 0 Å². The second-order valence-electron chi connectivity index (χ2n) is 9.96. The van der Waals surface area contributed by atoms with Gasteiger partial charge in [-0.3, -0.25) is 4.90 Å². The van der Waals surface area contributed by atoms with E-state index in [1.54, 1.807) is 14.2 Å². The molecule has 0 aromatic heterocycles. The zero-order valence-corrected chi connectivity index (χ0v) is 24.0. The van der Waals surface area contributed by atoms with E-state index >= 15 is 0 Å². The Kier molecular flexibility index (Phi) is 10.3. The van der Waals surface area contributed by atoms with Crippen molar-refractivity contribution in [2.24, 2.45) is 0 Å². The van der Waals surface area contributed by atoms with Crippen molar-refractivity contribution in [1.82, 2.24) is 15.5 Å². The van der Waals surface area contributed by atoms with Crippen LogP contribution < -0.4 is 34.6 Å². The first-order valence-corrected chi connectivity index (χ1v) is 13.6. The van der Waals surface area contributed by atoms with Crippen LogP contribution in [-0.2, 0) is 13.1 Å². The number of hydrogen-bond donors (Lipinski definition) is 2. The number of benzene rings is 3. The predicted octanol–water partition coefficient (Wildman–Crippen LogP) is 3.97. The molecule has 1 fully saturated rings. The second kappa shape index (κ2) is 14.3. The van der Waals surface area contributed by atoms with Crippen LogP contribution in [0.15, 0.2) is 66.7 Å². The van der Waals surface area contributed by atoms with Crippen LogP contribution in [0.4, 0.5) is 16.2 Å². The number of methoxy groups -OCH3 is 2. The monoisotopic (exact) mass is 547 g/mol. The standard InChI is InChI=1S/C31H41N5O4/c1-34(2)26-8-5-24(6-9-26)22-32-31(37)33-23-25-7-14-29(30(21-25)39-4)40-20-19-35-15-17-36(18-16-35)27-10-12-28(38-3)13-11-27/h5-14,21H,15-20,22-23H2,1-4H3,(H2,32,33,37). The molecule has 214 valence electrons. The number of amides is 2. The maximum Gasteiger partial charge on any atom is 0.315 e. The summed E-state index contributed by atoms with van der Waals surface area (Å²) >= 11 is 0. The average molecular weight is 548 g/mol. The zero-order chi connectivity index (χ0) is 28.3. The lowest BCUT2D eigenvalue weighted by molar-refractivity contribution is 0.197. The van der Waals surface area contributed by atoms with Crippen LogP contribution in [0.1, 0.15) is 11.1 Å². The van der Waals surface area contributed by atoms with Crippen LogP contribution in [0.25, 0.3) is 0 Å². The Morgan fingerprint density at radius 3 is 2.08 bits per heavy atom. The maximum atomic E-state index is 12.3.